The topological polar surface area (TPSA) is 32.3 Å². The van der Waals surface area contributed by atoms with Crippen LogP contribution < -0.4 is 5.32 Å². The molecule has 0 spiro atoms. The normalized spacial score (nSPS) is 27.2. The maximum absolute atomic E-state index is 12.7. The molecule has 3 nitrogen and oxygen atoms in total. The number of aryl methyl sites for hydroxylation is 1. The van der Waals surface area contributed by atoms with Gasteiger partial charge in [0.2, 0.25) is 5.91 Å². The molecule has 0 aliphatic carbocycles. The van der Waals surface area contributed by atoms with Crippen molar-refractivity contribution in [2.75, 3.05) is 19.6 Å². The highest BCUT2D eigenvalue weighted by atomic mass is 16.2. The molecule has 2 unspecified atom stereocenters. The lowest BCUT2D eigenvalue weighted by Crippen LogP contribution is -2.54. The quantitative estimate of drug-likeness (QED) is 0.897. The monoisotopic (exact) mass is 272 g/mol. The lowest BCUT2D eigenvalue weighted by molar-refractivity contribution is -0.142. The Hall–Kier alpha value is -1.35. The van der Waals surface area contributed by atoms with Crippen LogP contribution in [-0.4, -0.2) is 30.4 Å². The Balaban J connectivity index is 1.86. The standard InChI is InChI=1S/C17H24N2O/c1-12-5-7-14(8-6-12)16-13(2)4-3-9-19(16)17(20)15-10-18-11-15/h5-8,13,15-16,18H,3-4,9-11H2,1-2H3. The fraction of sp³-hybridized carbons (Fsp3) is 0.588. The fourth-order valence-electron chi connectivity index (χ4n) is 3.40. The molecule has 3 rings (SSSR count). The number of likely N-dealkylation sites (tertiary alicyclic amines) is 1. The summed E-state index contributed by atoms with van der Waals surface area (Å²) in [5, 5.41) is 3.21. The molecule has 2 saturated heterocycles. The molecule has 2 fully saturated rings. The first-order chi connectivity index (χ1) is 9.66. The summed E-state index contributed by atoms with van der Waals surface area (Å²) in [6.45, 7) is 7.01. The second kappa shape index (κ2) is 5.57. The third-order valence-electron chi connectivity index (χ3n) is 4.77. The van der Waals surface area contributed by atoms with Gasteiger partial charge in [-0.3, -0.25) is 4.79 Å². The summed E-state index contributed by atoms with van der Waals surface area (Å²) >= 11 is 0. The van der Waals surface area contributed by atoms with Gasteiger partial charge in [0.25, 0.3) is 0 Å². The van der Waals surface area contributed by atoms with Crippen LogP contribution in [0, 0.1) is 18.8 Å². The van der Waals surface area contributed by atoms with Gasteiger partial charge in [-0.05, 0) is 31.2 Å². The highest BCUT2D eigenvalue weighted by molar-refractivity contribution is 5.80. The van der Waals surface area contributed by atoms with Gasteiger partial charge in [0, 0.05) is 19.6 Å². The Labute approximate surface area is 121 Å². The van der Waals surface area contributed by atoms with E-state index in [4.69, 9.17) is 0 Å². The number of carbonyl (C=O) groups excluding carboxylic acids is 1. The molecule has 2 aliphatic heterocycles. The molecule has 20 heavy (non-hydrogen) atoms. The number of amides is 1. The summed E-state index contributed by atoms with van der Waals surface area (Å²) in [5.74, 6) is 1.09. The molecule has 0 saturated carbocycles. The predicted octanol–water partition coefficient (Wildman–Crippen LogP) is 2.51. The first kappa shape index (κ1) is 13.6. The van der Waals surface area contributed by atoms with Gasteiger partial charge in [-0.2, -0.15) is 0 Å². The third-order valence-corrected chi connectivity index (χ3v) is 4.77. The first-order valence-corrected chi connectivity index (χ1v) is 7.74. The van der Waals surface area contributed by atoms with Crippen LogP contribution in [0.25, 0.3) is 0 Å². The molecule has 1 aromatic rings. The molecule has 2 atom stereocenters. The van der Waals surface area contributed by atoms with Gasteiger partial charge in [0.1, 0.15) is 0 Å². The summed E-state index contributed by atoms with van der Waals surface area (Å²) in [5.41, 5.74) is 2.57. The van der Waals surface area contributed by atoms with Gasteiger partial charge in [0.15, 0.2) is 0 Å². The van der Waals surface area contributed by atoms with Gasteiger partial charge >= 0.3 is 0 Å². The number of nitrogens with zero attached hydrogens (tertiary/aromatic N) is 1. The SMILES string of the molecule is Cc1ccc(C2C(C)CCCN2C(=O)C2CNC2)cc1. The molecule has 3 heteroatoms. The average molecular weight is 272 g/mol. The van der Waals surface area contributed by atoms with E-state index in [0.29, 0.717) is 11.8 Å². The maximum atomic E-state index is 12.7. The Morgan fingerprint density at radius 3 is 2.55 bits per heavy atom. The highest BCUT2D eigenvalue weighted by Gasteiger charge is 2.37. The Morgan fingerprint density at radius 1 is 1.25 bits per heavy atom. The van der Waals surface area contributed by atoms with Crippen LogP contribution >= 0.6 is 0 Å². The summed E-state index contributed by atoms with van der Waals surface area (Å²) < 4.78 is 0. The van der Waals surface area contributed by atoms with Crippen LogP contribution in [0.15, 0.2) is 24.3 Å². The Bertz CT molecular complexity index is 478. The van der Waals surface area contributed by atoms with Gasteiger partial charge < -0.3 is 10.2 Å². The van der Waals surface area contributed by atoms with Crippen molar-refractivity contribution in [2.45, 2.75) is 32.7 Å². The van der Waals surface area contributed by atoms with E-state index in [1.165, 1.54) is 17.5 Å². The molecule has 1 N–H and O–H groups in total. The molecule has 1 amide bonds. The van der Waals surface area contributed by atoms with Crippen molar-refractivity contribution < 1.29 is 4.79 Å². The molecule has 2 heterocycles. The zero-order valence-electron chi connectivity index (χ0n) is 12.4. The van der Waals surface area contributed by atoms with E-state index in [9.17, 15) is 4.79 Å². The summed E-state index contributed by atoms with van der Waals surface area (Å²) in [6, 6.07) is 8.97. The largest absolute Gasteiger partial charge is 0.335 e. The lowest BCUT2D eigenvalue weighted by atomic mass is 9.84. The van der Waals surface area contributed by atoms with Crippen molar-refractivity contribution in [1.82, 2.24) is 10.2 Å². The van der Waals surface area contributed by atoms with Crippen LogP contribution in [0.3, 0.4) is 0 Å². The minimum absolute atomic E-state index is 0.202. The first-order valence-electron chi connectivity index (χ1n) is 7.74. The number of benzene rings is 1. The van der Waals surface area contributed by atoms with E-state index >= 15 is 0 Å². The van der Waals surface area contributed by atoms with Gasteiger partial charge in [-0.15, -0.1) is 0 Å². The van der Waals surface area contributed by atoms with Crippen molar-refractivity contribution in [3.05, 3.63) is 35.4 Å². The van der Waals surface area contributed by atoms with Gasteiger partial charge in [-0.1, -0.05) is 36.8 Å². The molecular formula is C17H24N2O. The molecule has 108 valence electrons. The minimum atomic E-state index is 0.202. The summed E-state index contributed by atoms with van der Waals surface area (Å²) in [6.07, 6.45) is 2.35. The molecule has 2 aliphatic rings. The van der Waals surface area contributed by atoms with E-state index < -0.39 is 0 Å². The van der Waals surface area contributed by atoms with E-state index in [-0.39, 0.29) is 12.0 Å². The zero-order chi connectivity index (χ0) is 14.1. The predicted molar refractivity (Wildman–Crippen MR) is 80.4 cm³/mol. The number of hydrogen-bond acceptors (Lipinski definition) is 2. The van der Waals surface area contributed by atoms with E-state index in [2.05, 4.69) is 48.3 Å². The van der Waals surface area contributed by atoms with E-state index in [1.807, 2.05) is 0 Å². The van der Waals surface area contributed by atoms with Crippen LogP contribution in [0.1, 0.15) is 36.9 Å². The summed E-state index contributed by atoms with van der Waals surface area (Å²) in [7, 11) is 0. The number of carbonyl (C=O) groups is 1. The fourth-order valence-corrected chi connectivity index (χ4v) is 3.40. The van der Waals surface area contributed by atoms with Crippen LogP contribution in [0.4, 0.5) is 0 Å². The second-order valence-corrected chi connectivity index (χ2v) is 6.36. The van der Waals surface area contributed by atoms with Crippen LogP contribution in [-0.2, 0) is 4.79 Å². The number of hydrogen-bond donors (Lipinski definition) is 1. The lowest BCUT2D eigenvalue weighted by Gasteiger charge is -2.43. The van der Waals surface area contributed by atoms with E-state index in [0.717, 1.165) is 26.1 Å². The van der Waals surface area contributed by atoms with Gasteiger partial charge in [0.05, 0.1) is 12.0 Å². The van der Waals surface area contributed by atoms with E-state index in [1.54, 1.807) is 0 Å². The number of piperidine rings is 1. The van der Waals surface area contributed by atoms with Crippen molar-refractivity contribution in [3.8, 4) is 0 Å². The molecule has 0 aromatic heterocycles. The molecule has 0 radical (unpaired) electrons. The van der Waals surface area contributed by atoms with Crippen molar-refractivity contribution >= 4 is 5.91 Å². The summed E-state index contributed by atoms with van der Waals surface area (Å²) in [4.78, 5) is 14.8. The van der Waals surface area contributed by atoms with Crippen molar-refractivity contribution in [2.24, 2.45) is 11.8 Å². The molecule has 1 aromatic carbocycles. The van der Waals surface area contributed by atoms with Crippen molar-refractivity contribution in [3.63, 3.8) is 0 Å². The zero-order valence-corrected chi connectivity index (χ0v) is 12.4. The minimum Gasteiger partial charge on any atom is -0.335 e. The second-order valence-electron chi connectivity index (χ2n) is 6.36. The van der Waals surface area contributed by atoms with Crippen LogP contribution in [0.2, 0.25) is 0 Å². The third kappa shape index (κ3) is 2.47. The molecular weight excluding hydrogens is 248 g/mol. The Kier molecular flexibility index (Phi) is 3.79. The highest BCUT2D eigenvalue weighted by Crippen LogP contribution is 2.37. The maximum Gasteiger partial charge on any atom is 0.228 e. The number of nitrogens with one attached hydrogen (secondary N) is 1. The Morgan fingerprint density at radius 2 is 1.95 bits per heavy atom. The van der Waals surface area contributed by atoms with Crippen molar-refractivity contribution in [1.29, 1.82) is 0 Å². The van der Waals surface area contributed by atoms with Crippen LogP contribution in [0.5, 0.6) is 0 Å². The number of rotatable bonds is 2. The van der Waals surface area contributed by atoms with Gasteiger partial charge in [-0.25, -0.2) is 0 Å². The average Bonchev–Trinajstić information content (AvgIpc) is 2.38. The smallest absolute Gasteiger partial charge is 0.228 e. The molecule has 0 bridgehead atoms.